The Morgan fingerprint density at radius 3 is 2.86 bits per heavy atom. The van der Waals surface area contributed by atoms with Gasteiger partial charge in [0.2, 0.25) is 0 Å². The van der Waals surface area contributed by atoms with E-state index in [0.717, 1.165) is 24.1 Å². The molecule has 2 heterocycles. The minimum Gasteiger partial charge on any atom is -0.346 e. The molecule has 1 N–H and O–H groups in total. The fourth-order valence-corrected chi connectivity index (χ4v) is 2.52. The van der Waals surface area contributed by atoms with Crippen LogP contribution < -0.4 is 5.32 Å². The van der Waals surface area contributed by atoms with Crippen molar-refractivity contribution in [3.63, 3.8) is 0 Å². The van der Waals surface area contributed by atoms with Crippen molar-refractivity contribution >= 4 is 5.91 Å². The summed E-state index contributed by atoms with van der Waals surface area (Å²) in [5, 5.41) is 10.8. The maximum atomic E-state index is 12.3. The monoisotopic (exact) mass is 292 g/mol. The van der Waals surface area contributed by atoms with Gasteiger partial charge in [-0.3, -0.25) is 4.79 Å². The van der Waals surface area contributed by atoms with Gasteiger partial charge in [0.05, 0.1) is 6.20 Å². The lowest BCUT2D eigenvalue weighted by atomic mass is 10.1. The first-order valence-electron chi connectivity index (χ1n) is 7.16. The van der Waals surface area contributed by atoms with E-state index in [2.05, 4.69) is 21.6 Å². The highest BCUT2D eigenvalue weighted by Gasteiger charge is 2.23. The Bertz CT molecular complexity index is 708. The van der Waals surface area contributed by atoms with Crippen LogP contribution in [0.4, 0.5) is 0 Å². The van der Waals surface area contributed by atoms with Gasteiger partial charge in [-0.1, -0.05) is 36.8 Å². The van der Waals surface area contributed by atoms with Crippen molar-refractivity contribution < 1.29 is 4.79 Å². The highest BCUT2D eigenvalue weighted by atomic mass is 16.2. The number of benzene rings is 1. The van der Waals surface area contributed by atoms with Gasteiger partial charge in [-0.05, 0) is 18.1 Å². The van der Waals surface area contributed by atoms with E-state index in [1.807, 2.05) is 35.2 Å². The zero-order chi connectivity index (χ0) is 15.4. The van der Waals surface area contributed by atoms with E-state index in [1.54, 1.807) is 12.3 Å². The molecule has 5 nitrogen and oxygen atoms in total. The summed E-state index contributed by atoms with van der Waals surface area (Å²) in [6, 6.07) is 14.2. The molecule has 0 radical (unpaired) electrons. The van der Waals surface area contributed by atoms with Crippen molar-refractivity contribution in [2.24, 2.45) is 0 Å². The molecule has 5 heteroatoms. The summed E-state index contributed by atoms with van der Waals surface area (Å²) in [6.07, 6.45) is 7.87. The summed E-state index contributed by atoms with van der Waals surface area (Å²) in [5.41, 5.74) is 2.20. The number of hydrogen-bond donors (Lipinski definition) is 1. The molecule has 0 saturated carbocycles. The Morgan fingerprint density at radius 1 is 1.32 bits per heavy atom. The molecule has 2 aromatic rings. The molecule has 22 heavy (non-hydrogen) atoms. The fourth-order valence-electron chi connectivity index (χ4n) is 2.52. The van der Waals surface area contributed by atoms with E-state index >= 15 is 0 Å². The van der Waals surface area contributed by atoms with Gasteiger partial charge in [-0.15, -0.1) is 5.10 Å². The van der Waals surface area contributed by atoms with Crippen LogP contribution in [0.3, 0.4) is 0 Å². The summed E-state index contributed by atoms with van der Waals surface area (Å²) in [6.45, 7) is 1.48. The Kier molecular flexibility index (Phi) is 4.01. The first-order valence-corrected chi connectivity index (χ1v) is 7.16. The topological polar surface area (TPSA) is 58.1 Å². The fraction of sp³-hybridized carbons (Fsp3) is 0.235. The third-order valence-electron chi connectivity index (χ3n) is 3.70. The molecule has 0 aliphatic carbocycles. The van der Waals surface area contributed by atoms with E-state index in [1.165, 1.54) is 0 Å². The molecule has 110 valence electrons. The zero-order valence-electron chi connectivity index (χ0n) is 12.1. The lowest BCUT2D eigenvalue weighted by Gasteiger charge is -2.12. The van der Waals surface area contributed by atoms with Gasteiger partial charge < -0.3 is 10.2 Å². The lowest BCUT2D eigenvalue weighted by molar-refractivity contribution is 0.0933. The summed E-state index contributed by atoms with van der Waals surface area (Å²) in [7, 11) is 0. The first kappa shape index (κ1) is 14.1. The van der Waals surface area contributed by atoms with Crippen molar-refractivity contribution in [3.05, 3.63) is 48.3 Å². The number of hydrogen-bond acceptors (Lipinski definition) is 4. The van der Waals surface area contributed by atoms with Crippen LogP contribution in [-0.2, 0) is 0 Å². The molecule has 1 aromatic carbocycles. The second-order valence-corrected chi connectivity index (χ2v) is 5.23. The largest absolute Gasteiger partial charge is 0.346 e. The van der Waals surface area contributed by atoms with Gasteiger partial charge in [0.1, 0.15) is 0 Å². The van der Waals surface area contributed by atoms with Gasteiger partial charge in [0, 0.05) is 30.7 Å². The smallest absolute Gasteiger partial charge is 0.272 e. The van der Waals surface area contributed by atoms with Crippen LogP contribution in [0.2, 0.25) is 0 Å². The number of carbonyl (C=O) groups excluding carboxylic acids is 1. The molecule has 1 amide bonds. The number of nitrogens with zero attached hydrogens (tertiary/aromatic N) is 3. The van der Waals surface area contributed by atoms with E-state index in [0.29, 0.717) is 12.2 Å². The maximum absolute atomic E-state index is 12.3. The van der Waals surface area contributed by atoms with Crippen LogP contribution in [0, 0.1) is 12.5 Å². The molecule has 3 rings (SSSR count). The van der Waals surface area contributed by atoms with Gasteiger partial charge in [0.15, 0.2) is 5.69 Å². The van der Waals surface area contributed by atoms with Gasteiger partial charge >= 0.3 is 0 Å². The van der Waals surface area contributed by atoms with Crippen molar-refractivity contribution in [2.75, 3.05) is 13.1 Å². The molecule has 1 fully saturated rings. The number of rotatable bonds is 3. The van der Waals surface area contributed by atoms with Crippen LogP contribution >= 0.6 is 0 Å². The van der Waals surface area contributed by atoms with Crippen molar-refractivity contribution in [2.45, 2.75) is 12.5 Å². The number of terminal acetylenes is 1. The first-order chi connectivity index (χ1) is 10.8. The molecule has 0 unspecified atom stereocenters. The van der Waals surface area contributed by atoms with Crippen LogP contribution in [0.25, 0.3) is 11.1 Å². The normalized spacial score (nSPS) is 17.0. The molecule has 1 atom stereocenters. The molecule has 1 aromatic heterocycles. The third-order valence-corrected chi connectivity index (χ3v) is 3.70. The Labute approximate surface area is 129 Å². The predicted molar refractivity (Wildman–Crippen MR) is 83.7 cm³/mol. The quantitative estimate of drug-likeness (QED) is 0.872. The third kappa shape index (κ3) is 3.07. The molecular weight excluding hydrogens is 276 g/mol. The molecule has 1 aliphatic rings. The number of aromatic nitrogens is 2. The molecule has 1 saturated heterocycles. The van der Waals surface area contributed by atoms with Crippen molar-refractivity contribution in [1.29, 1.82) is 0 Å². The Hall–Kier alpha value is -2.87. The average Bonchev–Trinajstić information content (AvgIpc) is 3.03. The standard InChI is InChI=1S/C17H16N4O/c1-2-21-9-8-15(12-21)19-17(22)16-10-14(11-18-20-16)13-6-4-3-5-7-13/h1,3-7,10-11,15H,8-9,12H2,(H,19,22)/t15-/m1/s1. The molecule has 1 aliphatic heterocycles. The molecule has 0 spiro atoms. The highest BCUT2D eigenvalue weighted by molar-refractivity contribution is 5.93. The molecular formula is C17H16N4O. The number of amides is 1. The van der Waals surface area contributed by atoms with Gasteiger partial charge in [-0.25, -0.2) is 0 Å². The number of nitrogens with one attached hydrogen (secondary N) is 1. The zero-order valence-corrected chi connectivity index (χ0v) is 12.1. The van der Waals surface area contributed by atoms with E-state index in [9.17, 15) is 4.79 Å². The minimum atomic E-state index is -0.214. The van der Waals surface area contributed by atoms with E-state index in [4.69, 9.17) is 6.42 Å². The maximum Gasteiger partial charge on any atom is 0.272 e. The Balaban J connectivity index is 1.73. The Morgan fingerprint density at radius 2 is 2.14 bits per heavy atom. The summed E-state index contributed by atoms with van der Waals surface area (Å²) in [5.74, 6) is -0.214. The van der Waals surface area contributed by atoms with E-state index < -0.39 is 0 Å². The van der Waals surface area contributed by atoms with Crippen molar-refractivity contribution in [3.8, 4) is 23.6 Å². The van der Waals surface area contributed by atoms with E-state index in [-0.39, 0.29) is 11.9 Å². The predicted octanol–water partition coefficient (Wildman–Crippen LogP) is 1.54. The number of likely N-dealkylation sites (tertiary alicyclic amines) is 1. The average molecular weight is 292 g/mol. The van der Waals surface area contributed by atoms with Gasteiger partial charge in [0.25, 0.3) is 5.91 Å². The second-order valence-electron chi connectivity index (χ2n) is 5.23. The van der Waals surface area contributed by atoms with Gasteiger partial charge in [-0.2, -0.15) is 5.10 Å². The summed E-state index contributed by atoms with van der Waals surface area (Å²) in [4.78, 5) is 14.2. The highest BCUT2D eigenvalue weighted by Crippen LogP contribution is 2.18. The van der Waals surface area contributed by atoms with Crippen LogP contribution in [0.1, 0.15) is 16.9 Å². The SMILES string of the molecule is C#CN1CC[C@@H](NC(=O)c2cc(-c3ccccc3)cnn2)C1. The van der Waals surface area contributed by atoms with Crippen LogP contribution in [-0.4, -0.2) is 40.1 Å². The summed E-state index contributed by atoms with van der Waals surface area (Å²) < 4.78 is 0. The van der Waals surface area contributed by atoms with Crippen LogP contribution in [0.15, 0.2) is 42.6 Å². The lowest BCUT2D eigenvalue weighted by Crippen LogP contribution is -2.36. The second kappa shape index (κ2) is 6.27. The number of carbonyl (C=O) groups is 1. The van der Waals surface area contributed by atoms with Crippen molar-refractivity contribution in [1.82, 2.24) is 20.4 Å². The summed E-state index contributed by atoms with van der Waals surface area (Å²) >= 11 is 0. The minimum absolute atomic E-state index is 0.0609. The molecule has 0 bridgehead atoms. The van der Waals surface area contributed by atoms with Crippen LogP contribution in [0.5, 0.6) is 0 Å².